The summed E-state index contributed by atoms with van der Waals surface area (Å²) in [5.41, 5.74) is 2.98. The van der Waals surface area contributed by atoms with Gasteiger partial charge in [-0.15, -0.1) is 0 Å². The zero-order valence-corrected chi connectivity index (χ0v) is 31.3. The lowest BCUT2D eigenvalue weighted by atomic mass is 10.1. The Morgan fingerprint density at radius 3 is 1.55 bits per heavy atom. The first kappa shape index (κ1) is 37.1. The van der Waals surface area contributed by atoms with Crippen LogP contribution in [0.5, 0.6) is 0 Å². The van der Waals surface area contributed by atoms with E-state index in [1.165, 1.54) is 21.5 Å². The Kier molecular flexibility index (Phi) is 10.6. The van der Waals surface area contributed by atoms with Gasteiger partial charge in [-0.1, -0.05) is 83.3 Å². The third-order valence-electron chi connectivity index (χ3n) is 8.73. The molecule has 0 saturated heterocycles. The second kappa shape index (κ2) is 16.0. The maximum absolute atomic E-state index is 12.9. The van der Waals surface area contributed by atoms with Crippen molar-refractivity contribution in [1.82, 2.24) is 28.2 Å². The molecule has 4 heterocycles. The summed E-state index contributed by atoms with van der Waals surface area (Å²) in [5.74, 6) is 12.2. The van der Waals surface area contributed by atoms with Crippen LogP contribution in [0.15, 0.2) is 153 Å². The summed E-state index contributed by atoms with van der Waals surface area (Å²) >= 11 is 12.8. The predicted molar refractivity (Wildman–Crippen MR) is 220 cm³/mol. The number of nitrogens with zero attached hydrogens (tertiary/aromatic N) is 6. The first-order valence-corrected chi connectivity index (χ1v) is 17.7. The number of rotatable bonds is 2. The van der Waals surface area contributed by atoms with Crippen LogP contribution in [0.3, 0.4) is 0 Å². The van der Waals surface area contributed by atoms with E-state index < -0.39 is 22.5 Å². The standard InChI is InChI=1S/2C22H14ClN3O2/c1-25-19-8-5-13-24-20(19)21(27)26(22(25)28)18-12-11-16(14-17(18)23)10-9-15-6-3-2-4-7-15;1-25-19-11-12-24-14-17(19)21(27)26(22(25)28)20-10-9-16(13-18(20)23)8-7-15-5-3-2-4-6-15/h2-8,11-14H,1H3;2-6,9-14H,1H3. The molecule has 10 nitrogen and oxygen atoms in total. The van der Waals surface area contributed by atoms with Crippen molar-refractivity contribution in [2.75, 3.05) is 0 Å². The van der Waals surface area contributed by atoms with Gasteiger partial charge in [0.15, 0.2) is 5.52 Å². The van der Waals surface area contributed by atoms with Crippen LogP contribution < -0.4 is 22.5 Å². The minimum atomic E-state index is -0.510. The molecule has 8 rings (SSSR count). The van der Waals surface area contributed by atoms with Crippen LogP contribution >= 0.6 is 23.2 Å². The Morgan fingerprint density at radius 2 is 1.02 bits per heavy atom. The van der Waals surface area contributed by atoms with Crippen LogP contribution in [-0.4, -0.2) is 28.2 Å². The summed E-state index contributed by atoms with van der Waals surface area (Å²) in [4.78, 5) is 59.4. The molecule has 4 aromatic heterocycles. The minimum Gasteiger partial charge on any atom is -0.296 e. The van der Waals surface area contributed by atoms with E-state index in [0.717, 1.165) is 20.3 Å². The Hall–Kier alpha value is -7.24. The first-order valence-electron chi connectivity index (χ1n) is 17.0. The molecular formula is C44H28Cl2N6O4. The largest absolute Gasteiger partial charge is 0.336 e. The Bertz CT molecular complexity index is 2970. The number of aromatic nitrogens is 6. The summed E-state index contributed by atoms with van der Waals surface area (Å²) in [6.07, 6.45) is 4.50. The molecule has 56 heavy (non-hydrogen) atoms. The normalized spacial score (nSPS) is 10.5. The van der Waals surface area contributed by atoms with Gasteiger partial charge in [0.2, 0.25) is 0 Å². The molecule has 8 aromatic rings. The van der Waals surface area contributed by atoms with Gasteiger partial charge in [-0.05, 0) is 78.9 Å². The van der Waals surface area contributed by atoms with Gasteiger partial charge in [0.25, 0.3) is 11.1 Å². The molecule has 0 N–H and O–H groups in total. The molecule has 0 atom stereocenters. The SMILES string of the molecule is Cn1c(=O)n(-c2ccc(C#Cc3ccccc3)cc2Cl)c(=O)c2cnccc21.Cn1c(=O)n(-c2ccc(C#Cc3ccccc3)cc2Cl)c(=O)c2ncccc21. The number of halogens is 2. The van der Waals surface area contributed by atoms with Gasteiger partial charge in [-0.2, -0.15) is 0 Å². The van der Waals surface area contributed by atoms with Crippen molar-refractivity contribution in [3.63, 3.8) is 0 Å². The molecule has 0 radical (unpaired) electrons. The highest BCUT2D eigenvalue weighted by Gasteiger charge is 2.17. The van der Waals surface area contributed by atoms with Gasteiger partial charge in [-0.3, -0.25) is 23.7 Å². The molecule has 0 unspecified atom stereocenters. The van der Waals surface area contributed by atoms with Crippen molar-refractivity contribution in [1.29, 1.82) is 0 Å². The average Bonchev–Trinajstić information content (AvgIpc) is 3.23. The number of hydrogen-bond donors (Lipinski definition) is 0. The van der Waals surface area contributed by atoms with Crippen molar-refractivity contribution < 1.29 is 0 Å². The van der Waals surface area contributed by atoms with Crippen LogP contribution in [-0.2, 0) is 14.1 Å². The lowest BCUT2D eigenvalue weighted by Gasteiger charge is -2.11. The van der Waals surface area contributed by atoms with Crippen molar-refractivity contribution in [2.24, 2.45) is 14.1 Å². The van der Waals surface area contributed by atoms with Gasteiger partial charge in [-0.25, -0.2) is 23.7 Å². The van der Waals surface area contributed by atoms with E-state index in [9.17, 15) is 19.2 Å². The van der Waals surface area contributed by atoms with Gasteiger partial charge >= 0.3 is 11.4 Å². The van der Waals surface area contributed by atoms with E-state index >= 15 is 0 Å². The molecule has 0 saturated carbocycles. The van der Waals surface area contributed by atoms with Crippen LogP contribution in [0.25, 0.3) is 33.3 Å². The van der Waals surface area contributed by atoms with E-state index in [2.05, 4.69) is 33.6 Å². The molecular weight excluding hydrogens is 747 g/mol. The zero-order chi connectivity index (χ0) is 39.3. The summed E-state index contributed by atoms with van der Waals surface area (Å²) < 4.78 is 4.87. The van der Waals surface area contributed by atoms with Crippen molar-refractivity contribution in [3.8, 4) is 35.1 Å². The third kappa shape index (κ3) is 7.43. The number of aryl methyl sites for hydroxylation is 2. The zero-order valence-electron chi connectivity index (χ0n) is 29.8. The number of hydrogen-bond acceptors (Lipinski definition) is 6. The van der Waals surface area contributed by atoms with Crippen LogP contribution in [0.2, 0.25) is 10.0 Å². The monoisotopic (exact) mass is 774 g/mol. The summed E-state index contributed by atoms with van der Waals surface area (Å²) in [5, 5.41) is 0.866. The first-order chi connectivity index (χ1) is 27.1. The van der Waals surface area contributed by atoms with Crippen molar-refractivity contribution in [2.45, 2.75) is 0 Å². The topological polar surface area (TPSA) is 114 Å². The number of fused-ring (bicyclic) bond motifs is 2. The second-order valence-corrected chi connectivity index (χ2v) is 13.1. The van der Waals surface area contributed by atoms with Gasteiger partial charge in [0.05, 0.1) is 37.8 Å². The molecule has 272 valence electrons. The van der Waals surface area contributed by atoms with Crippen molar-refractivity contribution >= 4 is 45.1 Å². The molecule has 12 heteroatoms. The lowest BCUT2D eigenvalue weighted by Crippen LogP contribution is -2.38. The molecule has 0 aliphatic carbocycles. The Labute approximate surface area is 329 Å². The Morgan fingerprint density at radius 1 is 0.518 bits per heavy atom. The number of pyridine rings is 2. The van der Waals surface area contributed by atoms with E-state index in [1.807, 2.05) is 60.7 Å². The van der Waals surface area contributed by atoms with Crippen LogP contribution in [0, 0.1) is 23.7 Å². The molecule has 4 aromatic carbocycles. The van der Waals surface area contributed by atoms with Gasteiger partial charge in [0, 0.05) is 54.9 Å². The maximum atomic E-state index is 12.9. The maximum Gasteiger partial charge on any atom is 0.336 e. The average molecular weight is 776 g/mol. The van der Waals surface area contributed by atoms with Crippen LogP contribution in [0.1, 0.15) is 22.3 Å². The third-order valence-corrected chi connectivity index (χ3v) is 9.34. The van der Waals surface area contributed by atoms with Gasteiger partial charge in [0.1, 0.15) is 0 Å². The van der Waals surface area contributed by atoms with E-state index in [4.69, 9.17) is 23.2 Å². The summed E-state index contributed by atoms with van der Waals surface area (Å²) in [7, 11) is 3.20. The fraction of sp³-hybridized carbons (Fsp3) is 0.0455. The van der Waals surface area contributed by atoms with Gasteiger partial charge < -0.3 is 0 Å². The summed E-state index contributed by atoms with van der Waals surface area (Å²) in [6.45, 7) is 0. The quantitative estimate of drug-likeness (QED) is 0.191. The van der Waals surface area contributed by atoms with Crippen molar-refractivity contribution in [3.05, 3.63) is 208 Å². The molecule has 0 amide bonds. The van der Waals surface area contributed by atoms with E-state index in [0.29, 0.717) is 38.9 Å². The molecule has 0 fully saturated rings. The molecule has 0 spiro atoms. The van der Waals surface area contributed by atoms with Crippen LogP contribution in [0.4, 0.5) is 0 Å². The van der Waals surface area contributed by atoms with E-state index in [1.54, 1.807) is 74.9 Å². The number of benzene rings is 4. The molecule has 0 aliphatic rings. The molecule has 0 aliphatic heterocycles. The Balaban J connectivity index is 0.000000172. The highest BCUT2D eigenvalue weighted by Crippen LogP contribution is 2.22. The minimum absolute atomic E-state index is 0.202. The lowest BCUT2D eigenvalue weighted by molar-refractivity contribution is 0.770. The smallest absolute Gasteiger partial charge is 0.296 e. The van der Waals surface area contributed by atoms with E-state index in [-0.39, 0.29) is 15.6 Å². The fourth-order valence-corrected chi connectivity index (χ4v) is 6.40. The second-order valence-electron chi connectivity index (χ2n) is 12.3. The summed E-state index contributed by atoms with van der Waals surface area (Å²) in [6, 6.07) is 34.1. The fourth-order valence-electron chi connectivity index (χ4n) is 5.87. The highest BCUT2D eigenvalue weighted by molar-refractivity contribution is 6.32. The predicted octanol–water partition coefficient (Wildman–Crippen LogP) is 6.28. The highest BCUT2D eigenvalue weighted by atomic mass is 35.5. The molecule has 0 bridgehead atoms.